The number of para-hydroxylation sites is 1. The zero-order valence-electron chi connectivity index (χ0n) is 23.9. The van der Waals surface area contributed by atoms with E-state index in [1.807, 2.05) is 49.4 Å². The predicted molar refractivity (Wildman–Crippen MR) is 169 cm³/mol. The van der Waals surface area contributed by atoms with Crippen molar-refractivity contribution in [3.8, 4) is 28.4 Å². The number of aromatic amines is 1. The molecule has 0 unspecified atom stereocenters. The highest BCUT2D eigenvalue weighted by Crippen LogP contribution is 2.34. The van der Waals surface area contributed by atoms with Gasteiger partial charge in [-0.05, 0) is 66.4 Å². The van der Waals surface area contributed by atoms with Gasteiger partial charge in [-0.15, -0.1) is 0 Å². The van der Waals surface area contributed by atoms with Gasteiger partial charge in [0.1, 0.15) is 17.0 Å². The summed E-state index contributed by atoms with van der Waals surface area (Å²) in [6.45, 7) is 4.24. The van der Waals surface area contributed by atoms with Crippen LogP contribution in [0.1, 0.15) is 45.8 Å². The summed E-state index contributed by atoms with van der Waals surface area (Å²) in [6.07, 6.45) is 2.32. The molecule has 5 aromatic rings. The van der Waals surface area contributed by atoms with Crippen molar-refractivity contribution in [1.29, 1.82) is 0 Å². The van der Waals surface area contributed by atoms with E-state index in [0.717, 1.165) is 34.0 Å². The van der Waals surface area contributed by atoms with Crippen LogP contribution in [0.25, 0.3) is 22.0 Å². The molecule has 43 heavy (non-hydrogen) atoms. The number of ether oxygens (including phenoxy) is 3. The number of carbonyl (C=O) groups excluding carboxylic acids is 2. The normalized spacial score (nSPS) is 11.1. The first-order chi connectivity index (χ1) is 20.9. The fourth-order valence-corrected chi connectivity index (χ4v) is 4.99. The van der Waals surface area contributed by atoms with Gasteiger partial charge >= 0.3 is 5.97 Å². The minimum atomic E-state index is -0.646. The van der Waals surface area contributed by atoms with Crippen molar-refractivity contribution >= 4 is 40.6 Å². The number of carbonyl (C=O) groups is 2. The third-order valence-corrected chi connectivity index (χ3v) is 7.06. The Bertz CT molecular complexity index is 1810. The fourth-order valence-electron chi connectivity index (χ4n) is 4.82. The molecular weight excluding hydrogens is 566 g/mol. The number of hydrogen-bond acceptors (Lipinski definition) is 6. The lowest BCUT2D eigenvalue weighted by Crippen LogP contribution is -2.19. The van der Waals surface area contributed by atoms with Gasteiger partial charge in [0.25, 0.3) is 5.91 Å². The Labute approximate surface area is 254 Å². The number of benzene rings is 4. The standard InChI is InChI=1S/C34H30ClN3O5/c1-4-22-12-9-13-25-30(23-10-7-6-8-11-23)32(37-31(22)25)33(39)38-36-20-21-14-16-28(29(18-21)42-5-2)43-34(40)26-19-24(35)15-17-27(26)41-3/h6-20,37H,4-5H2,1-3H3,(H,38,39). The van der Waals surface area contributed by atoms with Gasteiger partial charge in [0, 0.05) is 21.5 Å². The topological polar surface area (TPSA) is 102 Å². The molecule has 1 amide bonds. The van der Waals surface area contributed by atoms with Gasteiger partial charge in [-0.2, -0.15) is 5.10 Å². The first-order valence-electron chi connectivity index (χ1n) is 13.8. The SMILES string of the molecule is CCOc1cc(C=NNC(=O)c2[nH]c3c(CC)cccc3c2-c2ccccc2)ccc1OC(=O)c1cc(Cl)ccc1OC. The summed E-state index contributed by atoms with van der Waals surface area (Å²) < 4.78 is 16.6. The number of fused-ring (bicyclic) bond motifs is 1. The molecule has 2 N–H and O–H groups in total. The summed E-state index contributed by atoms with van der Waals surface area (Å²) in [5, 5.41) is 5.55. The molecule has 0 radical (unpaired) electrons. The number of H-pyrrole nitrogens is 1. The molecule has 218 valence electrons. The summed E-state index contributed by atoms with van der Waals surface area (Å²) in [5.41, 5.74) is 7.67. The van der Waals surface area contributed by atoms with E-state index in [-0.39, 0.29) is 17.2 Å². The van der Waals surface area contributed by atoms with Crippen LogP contribution in [0.5, 0.6) is 17.2 Å². The monoisotopic (exact) mass is 595 g/mol. The molecule has 0 saturated heterocycles. The largest absolute Gasteiger partial charge is 0.496 e. The number of methoxy groups -OCH3 is 1. The first-order valence-corrected chi connectivity index (χ1v) is 14.2. The highest BCUT2D eigenvalue weighted by molar-refractivity contribution is 6.31. The van der Waals surface area contributed by atoms with Gasteiger partial charge in [0.15, 0.2) is 11.5 Å². The van der Waals surface area contributed by atoms with Gasteiger partial charge in [0.05, 0.1) is 19.9 Å². The number of hydrazone groups is 1. The fraction of sp³-hybridized carbons (Fsp3) is 0.147. The number of rotatable bonds is 10. The summed E-state index contributed by atoms with van der Waals surface area (Å²) in [5.74, 6) is -0.135. The number of nitrogens with zero attached hydrogens (tertiary/aromatic N) is 1. The van der Waals surface area contributed by atoms with Gasteiger partial charge in [-0.1, -0.05) is 67.1 Å². The summed E-state index contributed by atoms with van der Waals surface area (Å²) in [4.78, 5) is 29.6. The molecule has 1 aromatic heterocycles. The maximum atomic E-state index is 13.4. The molecule has 0 spiro atoms. The Hall–Kier alpha value is -5.08. The molecule has 0 aliphatic carbocycles. The van der Waals surface area contributed by atoms with E-state index in [0.29, 0.717) is 34.4 Å². The number of nitrogens with one attached hydrogen (secondary N) is 2. The Morgan fingerprint density at radius 3 is 2.47 bits per heavy atom. The highest BCUT2D eigenvalue weighted by Gasteiger charge is 2.21. The van der Waals surface area contributed by atoms with Crippen molar-refractivity contribution < 1.29 is 23.8 Å². The molecule has 0 bridgehead atoms. The molecule has 0 aliphatic rings. The molecule has 0 saturated carbocycles. The zero-order chi connectivity index (χ0) is 30.3. The molecule has 0 aliphatic heterocycles. The molecule has 1 heterocycles. The van der Waals surface area contributed by atoms with Crippen LogP contribution >= 0.6 is 11.6 Å². The van der Waals surface area contributed by atoms with E-state index in [2.05, 4.69) is 28.5 Å². The second kappa shape index (κ2) is 13.3. The minimum Gasteiger partial charge on any atom is -0.496 e. The van der Waals surface area contributed by atoms with Gasteiger partial charge in [-0.3, -0.25) is 4.79 Å². The summed E-state index contributed by atoms with van der Waals surface area (Å²) in [7, 11) is 1.46. The van der Waals surface area contributed by atoms with Crippen molar-refractivity contribution in [3.63, 3.8) is 0 Å². The first kappa shape index (κ1) is 29.4. The van der Waals surface area contributed by atoms with Crippen LogP contribution in [-0.2, 0) is 6.42 Å². The maximum absolute atomic E-state index is 13.4. The molecule has 0 atom stereocenters. The van der Waals surface area contributed by atoms with Crippen LogP contribution in [-0.4, -0.2) is 36.8 Å². The van der Waals surface area contributed by atoms with Crippen LogP contribution in [0.15, 0.2) is 90.0 Å². The van der Waals surface area contributed by atoms with E-state index >= 15 is 0 Å². The van der Waals surface area contributed by atoms with Crippen LogP contribution in [0.4, 0.5) is 0 Å². The molecular formula is C34H30ClN3O5. The molecule has 8 nitrogen and oxygen atoms in total. The van der Waals surface area contributed by atoms with Crippen LogP contribution in [0.3, 0.4) is 0 Å². The Balaban J connectivity index is 1.38. The van der Waals surface area contributed by atoms with Gasteiger partial charge in [-0.25, -0.2) is 10.2 Å². The van der Waals surface area contributed by atoms with E-state index in [4.69, 9.17) is 25.8 Å². The van der Waals surface area contributed by atoms with Crippen LogP contribution in [0.2, 0.25) is 5.02 Å². The molecule has 5 rings (SSSR count). The summed E-state index contributed by atoms with van der Waals surface area (Å²) >= 11 is 6.07. The minimum absolute atomic E-state index is 0.184. The van der Waals surface area contributed by atoms with Crippen molar-refractivity contribution in [2.45, 2.75) is 20.3 Å². The van der Waals surface area contributed by atoms with Crippen molar-refractivity contribution in [1.82, 2.24) is 10.4 Å². The van der Waals surface area contributed by atoms with Gasteiger partial charge in [0.2, 0.25) is 0 Å². The predicted octanol–water partition coefficient (Wildman–Crippen LogP) is 7.44. The van der Waals surface area contributed by atoms with Crippen molar-refractivity contribution in [2.75, 3.05) is 13.7 Å². The smallest absolute Gasteiger partial charge is 0.347 e. The van der Waals surface area contributed by atoms with E-state index in [9.17, 15) is 9.59 Å². The van der Waals surface area contributed by atoms with Crippen molar-refractivity contribution in [3.05, 3.63) is 112 Å². The summed E-state index contributed by atoms with van der Waals surface area (Å²) in [6, 6.07) is 25.5. The highest BCUT2D eigenvalue weighted by atomic mass is 35.5. The lowest BCUT2D eigenvalue weighted by atomic mass is 10.00. The second-order valence-corrected chi connectivity index (χ2v) is 9.94. The number of halogens is 1. The van der Waals surface area contributed by atoms with Crippen LogP contribution in [0, 0.1) is 0 Å². The molecule has 9 heteroatoms. The quantitative estimate of drug-likeness (QED) is 0.0756. The van der Waals surface area contributed by atoms with E-state index in [1.54, 1.807) is 30.3 Å². The number of aromatic nitrogens is 1. The lowest BCUT2D eigenvalue weighted by molar-refractivity contribution is 0.0724. The lowest BCUT2D eigenvalue weighted by Gasteiger charge is -2.13. The third-order valence-electron chi connectivity index (χ3n) is 6.82. The second-order valence-electron chi connectivity index (χ2n) is 9.51. The average Bonchev–Trinajstić information content (AvgIpc) is 3.43. The van der Waals surface area contributed by atoms with E-state index < -0.39 is 5.97 Å². The Morgan fingerprint density at radius 1 is 0.930 bits per heavy atom. The number of aryl methyl sites for hydroxylation is 1. The van der Waals surface area contributed by atoms with Gasteiger partial charge < -0.3 is 19.2 Å². The van der Waals surface area contributed by atoms with E-state index in [1.165, 1.54) is 19.4 Å². The third kappa shape index (κ3) is 6.39. The average molecular weight is 596 g/mol. The molecule has 0 fully saturated rings. The van der Waals surface area contributed by atoms with Crippen LogP contribution < -0.4 is 19.6 Å². The number of hydrogen-bond donors (Lipinski definition) is 2. The number of amides is 1. The number of esters is 1. The Kier molecular flexibility index (Phi) is 9.08. The Morgan fingerprint density at radius 2 is 1.72 bits per heavy atom. The maximum Gasteiger partial charge on any atom is 0.347 e. The molecule has 4 aromatic carbocycles. The zero-order valence-corrected chi connectivity index (χ0v) is 24.7. The van der Waals surface area contributed by atoms with Crippen molar-refractivity contribution in [2.24, 2.45) is 5.10 Å².